The van der Waals surface area contributed by atoms with Gasteiger partial charge in [-0.3, -0.25) is 0 Å². The Morgan fingerprint density at radius 2 is 1.51 bits per heavy atom. The molecule has 3 rings (SSSR count). The van der Waals surface area contributed by atoms with Crippen LogP contribution < -0.4 is 4.74 Å². The van der Waals surface area contributed by atoms with Gasteiger partial charge in [0.25, 0.3) is 0 Å². The number of fused-ring (bicyclic) bond motifs is 1. The summed E-state index contributed by atoms with van der Waals surface area (Å²) in [6.45, 7) is 19.8. The number of nitrogens with zero attached hydrogens (tertiary/aromatic N) is 3. The number of hydrogen-bond acceptors (Lipinski definition) is 6. The number of phenolic OH excluding ortho intramolecular Hbond substituents is 1. The molecule has 10 heteroatoms. The smallest absolute Gasteiger partial charge is 0.314 e. The van der Waals surface area contributed by atoms with Gasteiger partial charge in [-0.1, -0.05) is 13.0 Å². The first kappa shape index (κ1) is 27.6. The van der Waals surface area contributed by atoms with Gasteiger partial charge in [0.2, 0.25) is 0 Å². The number of rotatable bonds is 10. The lowest BCUT2D eigenvalue weighted by atomic mass is 9.99. The summed E-state index contributed by atoms with van der Waals surface area (Å²) in [7, 11) is -4.28. The predicted octanol–water partition coefficient (Wildman–Crippen LogP) is 6.40. The van der Waals surface area contributed by atoms with Gasteiger partial charge in [0.1, 0.15) is 28.2 Å². The van der Waals surface area contributed by atoms with Crippen molar-refractivity contribution in [3.63, 3.8) is 0 Å². The number of ether oxygens (including phenoxy) is 1. The van der Waals surface area contributed by atoms with E-state index in [9.17, 15) is 5.11 Å². The summed E-state index contributed by atoms with van der Waals surface area (Å²) >= 11 is 0. The van der Waals surface area contributed by atoms with Crippen molar-refractivity contribution in [2.24, 2.45) is 5.92 Å². The minimum atomic E-state index is -2.38. The van der Waals surface area contributed by atoms with Crippen LogP contribution >= 0.6 is 0 Å². The second-order valence-corrected chi connectivity index (χ2v) is 24.5. The monoisotopic (exact) mass is 531 g/mol. The van der Waals surface area contributed by atoms with E-state index in [2.05, 4.69) is 69.0 Å². The molecule has 0 aliphatic rings. The van der Waals surface area contributed by atoms with E-state index in [4.69, 9.17) is 13.0 Å². The van der Waals surface area contributed by atoms with Gasteiger partial charge in [-0.15, -0.1) is 15.0 Å². The summed E-state index contributed by atoms with van der Waals surface area (Å²) < 4.78 is 18.7. The Morgan fingerprint density at radius 3 is 2.09 bits per heavy atom. The molecule has 1 N–H and O–H groups in total. The molecule has 0 saturated carbocycles. The molecule has 1 unspecified atom stereocenters. The van der Waals surface area contributed by atoms with Crippen molar-refractivity contribution in [1.82, 2.24) is 15.0 Å². The molecule has 35 heavy (non-hydrogen) atoms. The van der Waals surface area contributed by atoms with Crippen LogP contribution in [0.15, 0.2) is 30.3 Å². The van der Waals surface area contributed by atoms with E-state index in [1.807, 2.05) is 31.2 Å². The number of aromatic nitrogens is 3. The Balaban J connectivity index is 1.89. The van der Waals surface area contributed by atoms with E-state index >= 15 is 0 Å². The fourth-order valence-electron chi connectivity index (χ4n) is 4.75. The van der Waals surface area contributed by atoms with Gasteiger partial charge >= 0.3 is 8.56 Å². The van der Waals surface area contributed by atoms with Gasteiger partial charge in [-0.2, -0.15) is 0 Å². The molecule has 3 aromatic rings. The van der Waals surface area contributed by atoms with Gasteiger partial charge < -0.3 is 18.1 Å². The molecule has 0 amide bonds. The van der Waals surface area contributed by atoms with Crippen LogP contribution in [0, 0.1) is 12.8 Å². The van der Waals surface area contributed by atoms with Crippen molar-refractivity contribution < 1.29 is 18.1 Å². The Hall–Kier alpha value is -1.99. The number of aromatic hydroxyl groups is 1. The third-order valence-electron chi connectivity index (χ3n) is 5.45. The van der Waals surface area contributed by atoms with Crippen LogP contribution in [-0.2, 0) is 14.7 Å². The van der Waals surface area contributed by atoms with Crippen molar-refractivity contribution in [2.75, 3.05) is 7.11 Å². The predicted molar refractivity (Wildman–Crippen MR) is 150 cm³/mol. The lowest BCUT2D eigenvalue weighted by molar-refractivity contribution is 0.368. The Labute approximate surface area is 212 Å². The number of benzene rings is 2. The van der Waals surface area contributed by atoms with E-state index in [1.54, 1.807) is 7.11 Å². The SMILES string of the molecule is COc1ccc2nn(-c3cc(C)cc(CC(C)C[Si](C)(O[Si](C)(C)C)O[Si](C)(C)C)c3O)nc2c1. The highest BCUT2D eigenvalue weighted by Gasteiger charge is 2.41. The van der Waals surface area contributed by atoms with Crippen molar-refractivity contribution in [1.29, 1.82) is 0 Å². The van der Waals surface area contributed by atoms with Crippen molar-refractivity contribution in [3.8, 4) is 17.2 Å². The van der Waals surface area contributed by atoms with Crippen molar-refractivity contribution >= 4 is 36.2 Å². The highest BCUT2D eigenvalue weighted by molar-refractivity contribution is 6.87. The summed E-state index contributed by atoms with van der Waals surface area (Å²) in [5.74, 6) is 1.23. The number of phenols is 1. The third kappa shape index (κ3) is 7.50. The topological polar surface area (TPSA) is 78.6 Å². The molecule has 1 aromatic heterocycles. The van der Waals surface area contributed by atoms with Crippen LogP contribution in [-0.4, -0.2) is 52.4 Å². The average molecular weight is 532 g/mol. The lowest BCUT2D eigenvalue weighted by Gasteiger charge is -2.39. The van der Waals surface area contributed by atoms with Crippen LogP contribution in [0.5, 0.6) is 11.5 Å². The van der Waals surface area contributed by atoms with Crippen LogP contribution in [0.3, 0.4) is 0 Å². The van der Waals surface area contributed by atoms with E-state index < -0.39 is 25.2 Å². The highest BCUT2D eigenvalue weighted by Crippen LogP contribution is 2.34. The minimum absolute atomic E-state index is 0.218. The molecule has 0 bridgehead atoms. The Bertz CT molecular complexity index is 1170. The van der Waals surface area contributed by atoms with E-state index in [1.165, 1.54) is 4.80 Å². The second-order valence-electron chi connectivity index (χ2n) is 11.7. The molecule has 1 heterocycles. The maximum Gasteiger partial charge on any atom is 0.314 e. The molecule has 0 radical (unpaired) electrons. The van der Waals surface area contributed by atoms with Crippen LogP contribution in [0.1, 0.15) is 18.1 Å². The number of aryl methyl sites for hydroxylation is 1. The standard InChI is InChI=1S/C25H41N3O4Si3/c1-18-13-20(14-19(2)17-35(10,31-33(4,5)6)32-34(7,8)9)25(29)24(15-18)28-26-22-12-11-21(30-3)16-23(22)27-28/h11-13,15-16,19,29H,14,17H2,1-10H3. The molecular weight excluding hydrogens is 491 g/mol. The number of methoxy groups -OCH3 is 1. The molecule has 192 valence electrons. The highest BCUT2D eigenvalue weighted by atomic mass is 28.5. The summed E-state index contributed by atoms with van der Waals surface area (Å²) in [6, 6.07) is 10.4. The Morgan fingerprint density at radius 1 is 0.914 bits per heavy atom. The maximum atomic E-state index is 11.2. The molecule has 1 atom stereocenters. The van der Waals surface area contributed by atoms with Crippen LogP contribution in [0.2, 0.25) is 51.9 Å². The normalized spacial score (nSPS) is 13.9. The van der Waals surface area contributed by atoms with E-state index in [-0.39, 0.29) is 11.7 Å². The van der Waals surface area contributed by atoms with Gasteiger partial charge in [-0.25, -0.2) is 0 Å². The molecule has 0 saturated heterocycles. The molecule has 0 spiro atoms. The molecular formula is C25H41N3O4Si3. The third-order valence-corrected chi connectivity index (χ3v) is 15.2. The summed E-state index contributed by atoms with van der Waals surface area (Å²) in [5.41, 5.74) is 3.99. The molecule has 0 fully saturated rings. The first-order chi connectivity index (χ1) is 16.1. The number of hydrogen-bond donors (Lipinski definition) is 1. The largest absolute Gasteiger partial charge is 0.505 e. The van der Waals surface area contributed by atoms with Gasteiger partial charge in [0, 0.05) is 6.07 Å². The molecule has 2 aromatic carbocycles. The minimum Gasteiger partial charge on any atom is -0.505 e. The van der Waals surface area contributed by atoms with Crippen LogP contribution in [0.25, 0.3) is 16.7 Å². The van der Waals surface area contributed by atoms with Crippen molar-refractivity contribution in [3.05, 3.63) is 41.5 Å². The zero-order valence-electron chi connectivity index (χ0n) is 22.9. The fraction of sp³-hybridized carbons (Fsp3) is 0.520. The first-order valence-electron chi connectivity index (χ1n) is 12.2. The van der Waals surface area contributed by atoms with Gasteiger partial charge in [-0.05, 0) is 100 Å². The lowest BCUT2D eigenvalue weighted by Crippen LogP contribution is -2.53. The molecule has 0 aliphatic carbocycles. The molecule has 0 aliphatic heterocycles. The Kier molecular flexibility index (Phi) is 8.02. The first-order valence-corrected chi connectivity index (χ1v) is 21.6. The second kappa shape index (κ2) is 10.2. The van der Waals surface area contributed by atoms with Crippen LogP contribution in [0.4, 0.5) is 0 Å². The van der Waals surface area contributed by atoms with Crippen molar-refractivity contribution in [2.45, 2.75) is 72.1 Å². The van der Waals surface area contributed by atoms with E-state index in [0.717, 1.165) is 34.9 Å². The summed E-state index contributed by atoms with van der Waals surface area (Å²) in [5, 5.41) is 20.4. The van der Waals surface area contributed by atoms with E-state index in [0.29, 0.717) is 11.2 Å². The zero-order chi connectivity index (χ0) is 26.2. The maximum absolute atomic E-state index is 11.2. The zero-order valence-corrected chi connectivity index (χ0v) is 25.9. The quantitative estimate of drug-likeness (QED) is 0.305. The van der Waals surface area contributed by atoms with Gasteiger partial charge in [0.05, 0.1) is 7.11 Å². The fourth-order valence-corrected chi connectivity index (χ4v) is 17.7. The average Bonchev–Trinajstić information content (AvgIpc) is 3.09. The van der Waals surface area contributed by atoms with Gasteiger partial charge in [0.15, 0.2) is 16.6 Å². The summed E-state index contributed by atoms with van der Waals surface area (Å²) in [6.07, 6.45) is 0.724. The summed E-state index contributed by atoms with van der Waals surface area (Å²) in [4.78, 5) is 1.52. The molecule has 7 nitrogen and oxygen atoms in total.